The summed E-state index contributed by atoms with van der Waals surface area (Å²) in [6.07, 6.45) is 7.91. The standard InChI is InChI=1S/C12H18N4O/c1-13-3-5-15(11-13)7-9-17-10-8-16-6-4-14(2)12-16/h3-6H,7-10H2,1-2H3. The van der Waals surface area contributed by atoms with Gasteiger partial charge in [-0.25, -0.2) is 0 Å². The highest BCUT2D eigenvalue weighted by atomic mass is 16.5. The summed E-state index contributed by atoms with van der Waals surface area (Å²) < 4.78 is 5.56. The Labute approximate surface area is 104 Å². The normalized spacial score (nSPS) is 18.9. The summed E-state index contributed by atoms with van der Waals surface area (Å²) in [4.78, 5) is 7.77. The fourth-order valence-electron chi connectivity index (χ4n) is 1.58. The van der Waals surface area contributed by atoms with Crippen molar-refractivity contribution in [2.75, 3.05) is 40.4 Å². The highest BCUT2D eigenvalue weighted by Gasteiger charge is 2.11. The molecule has 0 aliphatic carbocycles. The lowest BCUT2D eigenvalue weighted by Crippen LogP contribution is -2.24. The second-order valence-corrected chi connectivity index (χ2v) is 4.02. The minimum Gasteiger partial charge on any atom is -0.378 e. The van der Waals surface area contributed by atoms with Gasteiger partial charge in [0.2, 0.25) is 13.3 Å². The van der Waals surface area contributed by atoms with Gasteiger partial charge in [0, 0.05) is 52.0 Å². The average Bonchev–Trinajstić information content (AvgIpc) is 2.88. The Morgan fingerprint density at radius 1 is 0.824 bits per heavy atom. The van der Waals surface area contributed by atoms with Gasteiger partial charge in [-0.1, -0.05) is 0 Å². The molecule has 0 amide bonds. The number of hydrogen-bond donors (Lipinski definition) is 0. The van der Waals surface area contributed by atoms with Gasteiger partial charge < -0.3 is 24.3 Å². The third kappa shape index (κ3) is 3.85. The van der Waals surface area contributed by atoms with Crippen LogP contribution < -0.4 is 0 Å². The maximum Gasteiger partial charge on any atom is 0.207 e. The molecular formula is C12H18N4O. The average molecular weight is 234 g/mol. The number of rotatable bonds is 6. The van der Waals surface area contributed by atoms with Crippen LogP contribution in [-0.2, 0) is 4.74 Å². The van der Waals surface area contributed by atoms with E-state index in [0.717, 1.165) is 13.1 Å². The van der Waals surface area contributed by atoms with Crippen molar-refractivity contribution in [2.24, 2.45) is 0 Å². The van der Waals surface area contributed by atoms with Crippen LogP contribution in [0.3, 0.4) is 0 Å². The van der Waals surface area contributed by atoms with Gasteiger partial charge in [0.25, 0.3) is 0 Å². The molecular weight excluding hydrogens is 216 g/mol. The molecule has 2 rings (SSSR count). The fourth-order valence-corrected chi connectivity index (χ4v) is 1.58. The van der Waals surface area contributed by atoms with Crippen molar-refractivity contribution in [1.82, 2.24) is 19.6 Å². The molecule has 0 spiro atoms. The molecule has 5 nitrogen and oxygen atoms in total. The smallest absolute Gasteiger partial charge is 0.207 e. The van der Waals surface area contributed by atoms with E-state index in [2.05, 4.69) is 13.3 Å². The first kappa shape index (κ1) is 12.1. The molecule has 0 saturated carbocycles. The Morgan fingerprint density at radius 3 is 1.65 bits per heavy atom. The van der Waals surface area contributed by atoms with Gasteiger partial charge in [0.05, 0.1) is 13.2 Å². The van der Waals surface area contributed by atoms with Crippen LogP contribution in [0, 0.1) is 13.3 Å². The second-order valence-electron chi connectivity index (χ2n) is 4.02. The van der Waals surface area contributed by atoms with Gasteiger partial charge in [-0.05, 0) is 0 Å². The lowest BCUT2D eigenvalue weighted by atomic mass is 10.6. The van der Waals surface area contributed by atoms with Crippen molar-refractivity contribution in [3.05, 3.63) is 38.1 Å². The van der Waals surface area contributed by atoms with Crippen LogP contribution in [-0.4, -0.2) is 60.0 Å². The molecule has 0 N–H and O–H groups in total. The monoisotopic (exact) mass is 234 g/mol. The highest BCUT2D eigenvalue weighted by Crippen LogP contribution is 2.08. The Hall–Kier alpha value is -1.36. The summed E-state index contributed by atoms with van der Waals surface area (Å²) in [5.41, 5.74) is 0. The summed E-state index contributed by atoms with van der Waals surface area (Å²) in [5, 5.41) is 0. The van der Waals surface area contributed by atoms with Crippen molar-refractivity contribution < 1.29 is 4.74 Å². The molecule has 5 heteroatoms. The Bertz CT molecular complexity index is 264. The molecule has 0 aromatic rings. The Balaban J connectivity index is 1.47. The quantitative estimate of drug-likeness (QED) is 0.620. The van der Waals surface area contributed by atoms with Crippen molar-refractivity contribution in [3.8, 4) is 0 Å². The van der Waals surface area contributed by atoms with Crippen molar-refractivity contribution in [2.45, 2.75) is 0 Å². The Morgan fingerprint density at radius 2 is 1.29 bits per heavy atom. The lowest BCUT2D eigenvalue weighted by molar-refractivity contribution is 0.108. The number of nitrogens with zero attached hydrogens (tertiary/aromatic N) is 4. The van der Waals surface area contributed by atoms with Crippen LogP contribution in [0.5, 0.6) is 0 Å². The third-order valence-corrected chi connectivity index (χ3v) is 2.47. The minimum absolute atomic E-state index is 0.707. The lowest BCUT2D eigenvalue weighted by Gasteiger charge is -2.17. The molecule has 0 aromatic heterocycles. The molecule has 92 valence electrons. The van der Waals surface area contributed by atoms with Crippen LogP contribution in [0.1, 0.15) is 0 Å². The zero-order valence-electron chi connectivity index (χ0n) is 10.3. The van der Waals surface area contributed by atoms with E-state index in [9.17, 15) is 0 Å². The molecule has 4 radical (unpaired) electrons. The van der Waals surface area contributed by atoms with E-state index in [1.807, 2.05) is 58.5 Å². The first-order chi connectivity index (χ1) is 8.24. The van der Waals surface area contributed by atoms with Gasteiger partial charge in [0.1, 0.15) is 0 Å². The molecule has 0 saturated heterocycles. The highest BCUT2D eigenvalue weighted by molar-refractivity contribution is 4.95. The summed E-state index contributed by atoms with van der Waals surface area (Å²) in [7, 11) is 3.92. The maximum absolute atomic E-state index is 5.56. The van der Waals surface area contributed by atoms with E-state index in [0.29, 0.717) is 13.2 Å². The molecule has 0 atom stereocenters. The molecule has 0 aromatic carbocycles. The van der Waals surface area contributed by atoms with E-state index in [1.54, 1.807) is 0 Å². The fraction of sp³-hybridized carbons (Fsp3) is 0.500. The number of hydrogen-bond acceptors (Lipinski definition) is 5. The van der Waals surface area contributed by atoms with E-state index in [4.69, 9.17) is 4.74 Å². The van der Waals surface area contributed by atoms with E-state index in [1.165, 1.54) is 0 Å². The predicted molar refractivity (Wildman–Crippen MR) is 64.5 cm³/mol. The van der Waals surface area contributed by atoms with E-state index >= 15 is 0 Å². The minimum atomic E-state index is 0.707. The van der Waals surface area contributed by atoms with Gasteiger partial charge >= 0.3 is 0 Å². The molecule has 0 bridgehead atoms. The predicted octanol–water partition coefficient (Wildman–Crippen LogP) is 0.433. The zero-order chi connectivity index (χ0) is 12.1. The topological polar surface area (TPSA) is 22.2 Å². The Kier molecular flexibility index (Phi) is 4.14. The zero-order valence-corrected chi connectivity index (χ0v) is 10.3. The van der Waals surface area contributed by atoms with E-state index in [-0.39, 0.29) is 0 Å². The summed E-state index contributed by atoms with van der Waals surface area (Å²) in [5.74, 6) is 0. The molecule has 2 aliphatic rings. The van der Waals surface area contributed by atoms with Crippen molar-refractivity contribution in [1.29, 1.82) is 0 Å². The van der Waals surface area contributed by atoms with Crippen LogP contribution in [0.2, 0.25) is 0 Å². The van der Waals surface area contributed by atoms with Crippen LogP contribution >= 0.6 is 0 Å². The van der Waals surface area contributed by atoms with Gasteiger partial charge in [-0.15, -0.1) is 0 Å². The van der Waals surface area contributed by atoms with Gasteiger partial charge in [-0.3, -0.25) is 0 Å². The third-order valence-electron chi connectivity index (χ3n) is 2.47. The molecule has 2 aliphatic heterocycles. The summed E-state index contributed by atoms with van der Waals surface area (Å²) >= 11 is 0. The van der Waals surface area contributed by atoms with Gasteiger partial charge in [-0.2, -0.15) is 0 Å². The first-order valence-electron chi connectivity index (χ1n) is 5.70. The summed E-state index contributed by atoms with van der Waals surface area (Å²) in [6, 6.07) is 0. The van der Waals surface area contributed by atoms with Crippen molar-refractivity contribution >= 4 is 0 Å². The summed E-state index contributed by atoms with van der Waals surface area (Å²) in [6.45, 7) is 9.34. The van der Waals surface area contributed by atoms with E-state index < -0.39 is 0 Å². The maximum atomic E-state index is 5.56. The van der Waals surface area contributed by atoms with Crippen LogP contribution in [0.4, 0.5) is 0 Å². The molecule has 17 heavy (non-hydrogen) atoms. The van der Waals surface area contributed by atoms with Gasteiger partial charge in [0.15, 0.2) is 0 Å². The SMILES string of the molecule is CN1[C]N(CCOCCN2[C]N(C)C=C2)C=C1. The molecule has 0 unspecified atom stereocenters. The molecule has 0 fully saturated rings. The van der Waals surface area contributed by atoms with Crippen LogP contribution in [0.25, 0.3) is 0 Å². The molecule has 2 heterocycles. The van der Waals surface area contributed by atoms with Crippen molar-refractivity contribution in [3.63, 3.8) is 0 Å². The van der Waals surface area contributed by atoms with Crippen LogP contribution in [0.15, 0.2) is 24.8 Å². The largest absolute Gasteiger partial charge is 0.378 e. The second kappa shape index (κ2) is 5.82. The first-order valence-corrected chi connectivity index (χ1v) is 5.70. The number of ether oxygens (including phenoxy) is 1.